The van der Waals surface area contributed by atoms with E-state index in [0.717, 1.165) is 25.3 Å². The number of likely N-dealkylation sites (N-methyl/N-ethyl adjacent to an activating group) is 1. The maximum Gasteiger partial charge on any atom is 0.0596 e. The molecule has 2 aromatic rings. The van der Waals surface area contributed by atoms with Crippen molar-refractivity contribution in [1.82, 2.24) is 19.7 Å². The number of aromatic nitrogens is 3. The molecule has 0 radical (unpaired) electrons. The van der Waals surface area contributed by atoms with Crippen molar-refractivity contribution in [2.45, 2.75) is 33.9 Å². The van der Waals surface area contributed by atoms with Gasteiger partial charge in [0.15, 0.2) is 0 Å². The van der Waals surface area contributed by atoms with Crippen LogP contribution in [-0.4, -0.2) is 33.3 Å². The Kier molecular flexibility index (Phi) is 4.32. The fourth-order valence-electron chi connectivity index (χ4n) is 2.22. The van der Waals surface area contributed by atoms with Crippen LogP contribution in [0.1, 0.15) is 22.5 Å². The summed E-state index contributed by atoms with van der Waals surface area (Å²) in [6.45, 7) is 9.12. The highest BCUT2D eigenvalue weighted by molar-refractivity contribution is 5.21. The zero-order valence-corrected chi connectivity index (χ0v) is 12.2. The number of hydrogen-bond donors (Lipinski definition) is 0. The second-order valence-electron chi connectivity index (χ2n) is 5.19. The fraction of sp³-hybridized carbons (Fsp3) is 0.467. The van der Waals surface area contributed by atoms with Crippen molar-refractivity contribution in [3.8, 4) is 0 Å². The second-order valence-corrected chi connectivity index (χ2v) is 5.19. The van der Waals surface area contributed by atoms with Gasteiger partial charge in [-0.3, -0.25) is 9.67 Å². The zero-order valence-electron chi connectivity index (χ0n) is 12.2. The van der Waals surface area contributed by atoms with Crippen LogP contribution in [0.3, 0.4) is 0 Å². The molecule has 0 aromatic carbocycles. The number of aryl methyl sites for hydroxylation is 3. The van der Waals surface area contributed by atoms with Gasteiger partial charge in [-0.15, -0.1) is 0 Å². The molecular formula is C15H22N4. The predicted octanol–water partition coefficient (Wildman–Crippen LogP) is 2.34. The highest BCUT2D eigenvalue weighted by atomic mass is 15.3. The smallest absolute Gasteiger partial charge is 0.0596 e. The molecule has 0 spiro atoms. The maximum atomic E-state index is 4.49. The minimum Gasteiger partial charge on any atom is -0.300 e. The minimum absolute atomic E-state index is 0.931. The van der Waals surface area contributed by atoms with E-state index in [1.54, 1.807) is 0 Å². The molecule has 0 saturated heterocycles. The van der Waals surface area contributed by atoms with Crippen LogP contribution in [0.2, 0.25) is 0 Å². The van der Waals surface area contributed by atoms with Gasteiger partial charge in [-0.25, -0.2) is 0 Å². The van der Waals surface area contributed by atoms with E-state index >= 15 is 0 Å². The lowest BCUT2D eigenvalue weighted by molar-refractivity contribution is 0.303. The van der Waals surface area contributed by atoms with Gasteiger partial charge in [-0.1, -0.05) is 0 Å². The van der Waals surface area contributed by atoms with Gasteiger partial charge in [0, 0.05) is 31.2 Å². The standard InChI is InChI=1S/C15H22N4/c1-12-10-16-6-5-15(12)11-18(4)7-8-19-14(3)9-13(2)17-19/h5-6,9-10H,7-8,11H2,1-4H3. The summed E-state index contributed by atoms with van der Waals surface area (Å²) in [6.07, 6.45) is 3.78. The van der Waals surface area contributed by atoms with E-state index in [2.05, 4.69) is 52.7 Å². The van der Waals surface area contributed by atoms with Gasteiger partial charge in [0.25, 0.3) is 0 Å². The van der Waals surface area contributed by atoms with Crippen molar-refractivity contribution in [2.75, 3.05) is 13.6 Å². The molecule has 0 atom stereocenters. The lowest BCUT2D eigenvalue weighted by Gasteiger charge is -2.18. The SMILES string of the molecule is Cc1cc(C)n(CCN(C)Cc2ccncc2C)n1. The molecule has 0 amide bonds. The summed E-state index contributed by atoms with van der Waals surface area (Å²) in [5.74, 6) is 0. The van der Waals surface area contributed by atoms with Crippen molar-refractivity contribution < 1.29 is 0 Å². The van der Waals surface area contributed by atoms with E-state index < -0.39 is 0 Å². The van der Waals surface area contributed by atoms with E-state index in [1.807, 2.05) is 19.3 Å². The molecule has 0 unspecified atom stereocenters. The minimum atomic E-state index is 0.931. The first-order valence-electron chi connectivity index (χ1n) is 6.65. The highest BCUT2D eigenvalue weighted by Gasteiger charge is 2.05. The lowest BCUT2D eigenvalue weighted by atomic mass is 10.1. The van der Waals surface area contributed by atoms with E-state index in [1.165, 1.54) is 16.8 Å². The first-order valence-corrected chi connectivity index (χ1v) is 6.65. The molecule has 0 aliphatic heterocycles. The largest absolute Gasteiger partial charge is 0.300 e. The molecule has 0 bridgehead atoms. The summed E-state index contributed by atoms with van der Waals surface area (Å²) >= 11 is 0. The molecule has 0 fully saturated rings. The van der Waals surface area contributed by atoms with Crippen LogP contribution >= 0.6 is 0 Å². The summed E-state index contributed by atoms with van der Waals surface area (Å²) in [5.41, 5.74) is 4.91. The van der Waals surface area contributed by atoms with Crippen LogP contribution in [0.5, 0.6) is 0 Å². The molecule has 4 nitrogen and oxygen atoms in total. The van der Waals surface area contributed by atoms with Crippen LogP contribution in [0.25, 0.3) is 0 Å². The van der Waals surface area contributed by atoms with E-state index in [4.69, 9.17) is 0 Å². The predicted molar refractivity (Wildman–Crippen MR) is 77.0 cm³/mol. The summed E-state index contributed by atoms with van der Waals surface area (Å²) in [6, 6.07) is 4.21. The van der Waals surface area contributed by atoms with Crippen LogP contribution in [0.4, 0.5) is 0 Å². The Morgan fingerprint density at radius 1 is 1.26 bits per heavy atom. The Morgan fingerprint density at radius 2 is 2.05 bits per heavy atom. The molecule has 0 N–H and O–H groups in total. The zero-order chi connectivity index (χ0) is 13.8. The normalized spacial score (nSPS) is 11.2. The number of rotatable bonds is 5. The van der Waals surface area contributed by atoms with Crippen LogP contribution < -0.4 is 0 Å². The Labute approximate surface area is 115 Å². The van der Waals surface area contributed by atoms with E-state index in [9.17, 15) is 0 Å². The first kappa shape index (κ1) is 13.7. The third kappa shape index (κ3) is 3.64. The van der Waals surface area contributed by atoms with Crippen LogP contribution in [0.15, 0.2) is 24.5 Å². The molecule has 2 rings (SSSR count). The Balaban J connectivity index is 1.90. The molecule has 4 heteroatoms. The molecule has 102 valence electrons. The van der Waals surface area contributed by atoms with Gasteiger partial charge in [0.2, 0.25) is 0 Å². The van der Waals surface area contributed by atoms with Crippen molar-refractivity contribution in [1.29, 1.82) is 0 Å². The molecule has 2 aromatic heterocycles. The molecule has 0 saturated carbocycles. The van der Waals surface area contributed by atoms with Crippen LogP contribution in [0, 0.1) is 20.8 Å². The van der Waals surface area contributed by atoms with Crippen LogP contribution in [-0.2, 0) is 13.1 Å². The fourth-order valence-corrected chi connectivity index (χ4v) is 2.22. The molecule has 0 aliphatic rings. The molecular weight excluding hydrogens is 236 g/mol. The van der Waals surface area contributed by atoms with Crippen molar-refractivity contribution in [2.24, 2.45) is 0 Å². The first-order chi connectivity index (χ1) is 9.06. The maximum absolute atomic E-state index is 4.49. The van der Waals surface area contributed by atoms with Crippen molar-refractivity contribution in [3.05, 3.63) is 47.0 Å². The molecule has 0 aliphatic carbocycles. The molecule has 2 heterocycles. The van der Waals surface area contributed by atoms with Crippen molar-refractivity contribution >= 4 is 0 Å². The quantitative estimate of drug-likeness (QED) is 0.825. The number of nitrogens with zero attached hydrogens (tertiary/aromatic N) is 4. The highest BCUT2D eigenvalue weighted by Crippen LogP contribution is 2.08. The summed E-state index contributed by atoms with van der Waals surface area (Å²) in [5, 5.41) is 4.49. The van der Waals surface area contributed by atoms with Gasteiger partial charge >= 0.3 is 0 Å². The summed E-state index contributed by atoms with van der Waals surface area (Å²) in [7, 11) is 2.14. The number of pyridine rings is 1. The average molecular weight is 258 g/mol. The average Bonchev–Trinajstić information content (AvgIpc) is 2.68. The lowest BCUT2D eigenvalue weighted by Crippen LogP contribution is -2.24. The summed E-state index contributed by atoms with van der Waals surface area (Å²) in [4.78, 5) is 6.45. The second kappa shape index (κ2) is 5.97. The van der Waals surface area contributed by atoms with E-state index in [0.29, 0.717) is 0 Å². The third-order valence-corrected chi connectivity index (χ3v) is 3.37. The summed E-state index contributed by atoms with van der Waals surface area (Å²) < 4.78 is 2.07. The van der Waals surface area contributed by atoms with Gasteiger partial charge in [-0.05, 0) is 51.1 Å². The Hall–Kier alpha value is -1.68. The van der Waals surface area contributed by atoms with Gasteiger partial charge in [0.05, 0.1) is 12.2 Å². The van der Waals surface area contributed by atoms with Gasteiger partial charge in [-0.2, -0.15) is 5.10 Å². The Bertz CT molecular complexity index is 545. The Morgan fingerprint density at radius 3 is 2.68 bits per heavy atom. The third-order valence-electron chi connectivity index (χ3n) is 3.37. The molecule has 19 heavy (non-hydrogen) atoms. The number of hydrogen-bond acceptors (Lipinski definition) is 3. The van der Waals surface area contributed by atoms with E-state index in [-0.39, 0.29) is 0 Å². The topological polar surface area (TPSA) is 34.0 Å². The van der Waals surface area contributed by atoms with Gasteiger partial charge < -0.3 is 4.90 Å². The van der Waals surface area contributed by atoms with Gasteiger partial charge in [0.1, 0.15) is 0 Å². The monoisotopic (exact) mass is 258 g/mol. The van der Waals surface area contributed by atoms with Crippen molar-refractivity contribution in [3.63, 3.8) is 0 Å².